The van der Waals surface area contributed by atoms with E-state index in [-0.39, 0.29) is 29.5 Å². The second-order valence-corrected chi connectivity index (χ2v) is 9.60. The highest BCUT2D eigenvalue weighted by molar-refractivity contribution is 5.92. The number of aliphatic hydroxyl groups is 1. The zero-order chi connectivity index (χ0) is 20.3. The number of ether oxygens (including phenoxy) is 1. The highest BCUT2D eigenvalue weighted by Crippen LogP contribution is 2.65. The van der Waals surface area contributed by atoms with E-state index in [2.05, 4.69) is 13.0 Å². The first kappa shape index (κ1) is 19.6. The van der Waals surface area contributed by atoms with Crippen LogP contribution in [0.3, 0.4) is 0 Å². The Morgan fingerprint density at radius 3 is 2.68 bits per heavy atom. The van der Waals surface area contributed by atoms with Gasteiger partial charge in [0.05, 0.1) is 0 Å². The minimum atomic E-state index is -1.45. The van der Waals surface area contributed by atoms with Crippen molar-refractivity contribution in [2.24, 2.45) is 22.7 Å². The molecular weight excluding hydrogens is 356 g/mol. The summed E-state index contributed by atoms with van der Waals surface area (Å²) in [5.41, 5.74) is 0.626. The van der Waals surface area contributed by atoms with E-state index >= 15 is 0 Å². The summed E-state index contributed by atoms with van der Waals surface area (Å²) in [5, 5.41) is 11.4. The van der Waals surface area contributed by atoms with Gasteiger partial charge in [-0.3, -0.25) is 14.4 Å². The lowest BCUT2D eigenvalue weighted by atomic mass is 9.50. The minimum absolute atomic E-state index is 0.0549. The molecule has 0 radical (unpaired) electrons. The van der Waals surface area contributed by atoms with Gasteiger partial charge in [-0.05, 0) is 56.4 Å². The van der Waals surface area contributed by atoms with Crippen molar-refractivity contribution in [1.29, 1.82) is 0 Å². The van der Waals surface area contributed by atoms with Crippen LogP contribution in [0.5, 0.6) is 0 Å². The van der Waals surface area contributed by atoms with Gasteiger partial charge in [0, 0.05) is 24.2 Å². The molecule has 0 heterocycles. The van der Waals surface area contributed by atoms with Crippen molar-refractivity contribution in [2.75, 3.05) is 6.61 Å². The van der Waals surface area contributed by atoms with Crippen LogP contribution in [0.4, 0.5) is 0 Å². The van der Waals surface area contributed by atoms with Crippen LogP contribution < -0.4 is 0 Å². The van der Waals surface area contributed by atoms with Crippen molar-refractivity contribution in [3.63, 3.8) is 0 Å². The van der Waals surface area contributed by atoms with Crippen molar-refractivity contribution in [3.05, 3.63) is 23.3 Å². The lowest BCUT2D eigenvalue weighted by molar-refractivity contribution is -0.162. The van der Waals surface area contributed by atoms with E-state index in [1.807, 2.05) is 13.0 Å². The zero-order valence-corrected chi connectivity index (χ0v) is 17.0. The molecule has 5 atom stereocenters. The van der Waals surface area contributed by atoms with E-state index in [4.69, 9.17) is 4.74 Å². The predicted molar refractivity (Wildman–Crippen MR) is 103 cm³/mol. The maximum Gasteiger partial charge on any atom is 0.303 e. The third-order valence-corrected chi connectivity index (χ3v) is 8.36. The van der Waals surface area contributed by atoms with Gasteiger partial charge in [-0.2, -0.15) is 0 Å². The lowest BCUT2D eigenvalue weighted by Gasteiger charge is -2.54. The standard InChI is InChI=1S/C23H30O5/c1-14(24)28-13-20(26)23(27)11-8-19-17-5-4-15-12-16(25)6-9-21(15,2)18(17)7-10-22(19,23)3/h7,12,17,19,27H,4-6,8-11,13H2,1-3H3/t17?,19?,21-,22-,23?/m0/s1. The number of carbonyl (C=O) groups is 3. The maximum atomic E-state index is 12.8. The number of carbonyl (C=O) groups excluding carboxylic acids is 3. The van der Waals surface area contributed by atoms with Gasteiger partial charge in [0.2, 0.25) is 5.78 Å². The second-order valence-electron chi connectivity index (χ2n) is 9.60. The van der Waals surface area contributed by atoms with E-state index in [1.54, 1.807) is 0 Å². The fourth-order valence-corrected chi connectivity index (χ4v) is 6.61. The van der Waals surface area contributed by atoms with Crippen LogP contribution in [0, 0.1) is 22.7 Å². The number of esters is 1. The lowest BCUT2D eigenvalue weighted by Crippen LogP contribution is -2.55. The van der Waals surface area contributed by atoms with E-state index in [0.29, 0.717) is 25.2 Å². The fraction of sp³-hybridized carbons (Fsp3) is 0.696. The monoisotopic (exact) mass is 386 g/mol. The molecule has 0 aromatic rings. The van der Waals surface area contributed by atoms with Gasteiger partial charge in [-0.15, -0.1) is 0 Å². The van der Waals surface area contributed by atoms with Crippen LogP contribution in [-0.4, -0.2) is 34.9 Å². The first-order valence-electron chi connectivity index (χ1n) is 10.5. The molecule has 0 spiro atoms. The summed E-state index contributed by atoms with van der Waals surface area (Å²) in [6.45, 7) is 5.21. The molecule has 2 fully saturated rings. The number of rotatable bonds is 3. The molecule has 0 bridgehead atoms. The normalized spacial score (nSPS) is 41.9. The summed E-state index contributed by atoms with van der Waals surface area (Å²) in [4.78, 5) is 35.9. The summed E-state index contributed by atoms with van der Waals surface area (Å²) in [5.74, 6) is -0.0813. The van der Waals surface area contributed by atoms with E-state index in [0.717, 1.165) is 25.7 Å². The Morgan fingerprint density at radius 2 is 1.96 bits per heavy atom. The van der Waals surface area contributed by atoms with Crippen LogP contribution in [-0.2, 0) is 19.1 Å². The third kappa shape index (κ3) is 2.58. The van der Waals surface area contributed by atoms with Gasteiger partial charge < -0.3 is 9.84 Å². The molecule has 28 heavy (non-hydrogen) atoms. The Hall–Kier alpha value is -1.75. The predicted octanol–water partition coefficient (Wildman–Crippen LogP) is 3.30. The average Bonchev–Trinajstić information content (AvgIpc) is 2.92. The molecule has 0 saturated heterocycles. The van der Waals surface area contributed by atoms with Crippen LogP contribution in [0.25, 0.3) is 0 Å². The Morgan fingerprint density at radius 1 is 1.21 bits per heavy atom. The summed E-state index contributed by atoms with van der Waals surface area (Å²) in [7, 11) is 0. The molecule has 0 aromatic carbocycles. The van der Waals surface area contributed by atoms with Crippen LogP contribution >= 0.6 is 0 Å². The molecule has 152 valence electrons. The topological polar surface area (TPSA) is 80.7 Å². The average molecular weight is 386 g/mol. The molecule has 1 N–H and O–H groups in total. The fourth-order valence-electron chi connectivity index (χ4n) is 6.61. The molecule has 5 nitrogen and oxygen atoms in total. The second kappa shape index (κ2) is 6.38. The molecule has 0 aromatic heterocycles. The third-order valence-electron chi connectivity index (χ3n) is 8.36. The van der Waals surface area contributed by atoms with Crippen LogP contribution in [0.1, 0.15) is 65.7 Å². The van der Waals surface area contributed by atoms with Gasteiger partial charge in [0.1, 0.15) is 5.60 Å². The Kier molecular flexibility index (Phi) is 4.46. The first-order chi connectivity index (χ1) is 13.1. The SMILES string of the molecule is CC(=O)OCC(=O)C1(O)CCC2C3CCC4=CC(=O)CC[C@]4(C)C3=CC[C@@]21C. The summed E-state index contributed by atoms with van der Waals surface area (Å²) < 4.78 is 4.91. The van der Waals surface area contributed by atoms with E-state index in [9.17, 15) is 19.5 Å². The summed E-state index contributed by atoms with van der Waals surface area (Å²) >= 11 is 0. The van der Waals surface area contributed by atoms with E-state index < -0.39 is 17.0 Å². The summed E-state index contributed by atoms with van der Waals surface area (Å²) in [6, 6.07) is 0. The Bertz CT molecular complexity index is 808. The van der Waals surface area contributed by atoms with Crippen molar-refractivity contribution < 1.29 is 24.2 Å². The first-order valence-corrected chi connectivity index (χ1v) is 10.5. The maximum absolute atomic E-state index is 12.8. The number of allylic oxidation sites excluding steroid dienone is 4. The van der Waals surface area contributed by atoms with Crippen molar-refractivity contribution in [2.45, 2.75) is 71.3 Å². The molecule has 4 rings (SSSR count). The van der Waals surface area contributed by atoms with Gasteiger partial charge in [0.25, 0.3) is 0 Å². The molecule has 5 heteroatoms. The van der Waals surface area contributed by atoms with Crippen LogP contribution in [0.2, 0.25) is 0 Å². The number of hydrogen-bond donors (Lipinski definition) is 1. The van der Waals surface area contributed by atoms with Gasteiger partial charge in [0.15, 0.2) is 12.4 Å². The highest BCUT2D eigenvalue weighted by Gasteiger charge is 2.64. The van der Waals surface area contributed by atoms with Crippen molar-refractivity contribution >= 4 is 17.5 Å². The molecule has 4 aliphatic carbocycles. The summed E-state index contributed by atoms with van der Waals surface area (Å²) in [6.07, 6.45) is 9.31. The Labute approximate surface area is 166 Å². The minimum Gasteiger partial charge on any atom is -0.458 e. The smallest absolute Gasteiger partial charge is 0.303 e. The molecule has 4 aliphatic rings. The Balaban J connectivity index is 1.66. The molecule has 0 amide bonds. The molecule has 2 saturated carbocycles. The number of ketones is 2. The van der Waals surface area contributed by atoms with Gasteiger partial charge in [-0.25, -0.2) is 0 Å². The number of fused-ring (bicyclic) bond motifs is 5. The van der Waals surface area contributed by atoms with Crippen LogP contribution in [0.15, 0.2) is 23.3 Å². The molecular formula is C23H30O5. The molecule has 3 unspecified atom stereocenters. The highest BCUT2D eigenvalue weighted by atomic mass is 16.5. The van der Waals surface area contributed by atoms with Crippen molar-refractivity contribution in [3.8, 4) is 0 Å². The van der Waals surface area contributed by atoms with Gasteiger partial charge in [-0.1, -0.05) is 31.1 Å². The largest absolute Gasteiger partial charge is 0.458 e. The van der Waals surface area contributed by atoms with E-state index in [1.165, 1.54) is 18.1 Å². The quantitative estimate of drug-likeness (QED) is 0.595. The zero-order valence-electron chi connectivity index (χ0n) is 17.0. The molecule has 0 aliphatic heterocycles. The van der Waals surface area contributed by atoms with Crippen molar-refractivity contribution in [1.82, 2.24) is 0 Å². The number of hydrogen-bond acceptors (Lipinski definition) is 5. The number of Topliss-reactive ketones (excluding diaryl/α,β-unsaturated/α-hetero) is 1. The van der Waals surface area contributed by atoms with Gasteiger partial charge >= 0.3 is 5.97 Å².